The van der Waals surface area contributed by atoms with Crippen molar-refractivity contribution in [3.8, 4) is 0 Å². The van der Waals surface area contributed by atoms with Crippen LogP contribution in [0.3, 0.4) is 0 Å². The molecule has 0 aromatic heterocycles. The van der Waals surface area contributed by atoms with Gasteiger partial charge in [-0.15, -0.1) is 0 Å². The van der Waals surface area contributed by atoms with Crippen molar-refractivity contribution in [1.29, 1.82) is 0 Å². The second kappa shape index (κ2) is 5.47. The normalized spacial score (nSPS) is 22.1. The number of amides is 1. The summed E-state index contributed by atoms with van der Waals surface area (Å²) in [4.78, 5) is 11.7. The molecule has 15 heavy (non-hydrogen) atoms. The number of carbonyl (C=O) groups is 1. The van der Waals surface area contributed by atoms with Crippen LogP contribution in [0.1, 0.15) is 39.5 Å². The zero-order chi connectivity index (χ0) is 11.3. The summed E-state index contributed by atoms with van der Waals surface area (Å²) >= 11 is 0. The van der Waals surface area contributed by atoms with E-state index in [2.05, 4.69) is 12.2 Å². The van der Waals surface area contributed by atoms with Gasteiger partial charge in [0.25, 0.3) is 0 Å². The van der Waals surface area contributed by atoms with E-state index in [0.717, 1.165) is 32.5 Å². The smallest absolute Gasteiger partial charge is 0.221 e. The number of hydrogen-bond donors (Lipinski definition) is 2. The van der Waals surface area contributed by atoms with Crippen molar-refractivity contribution in [2.45, 2.75) is 51.1 Å². The Hall–Kier alpha value is -0.610. The van der Waals surface area contributed by atoms with Crippen molar-refractivity contribution in [3.63, 3.8) is 0 Å². The summed E-state index contributed by atoms with van der Waals surface area (Å²) in [5.74, 6) is 0.0637. The lowest BCUT2D eigenvalue weighted by Gasteiger charge is -2.34. The van der Waals surface area contributed by atoms with Crippen LogP contribution in [0, 0.1) is 0 Å². The zero-order valence-electron chi connectivity index (χ0n) is 9.71. The van der Waals surface area contributed by atoms with Crippen molar-refractivity contribution >= 4 is 5.91 Å². The molecule has 1 aliphatic rings. The molecule has 3 N–H and O–H groups in total. The lowest BCUT2D eigenvalue weighted by molar-refractivity contribution is -0.124. The topological polar surface area (TPSA) is 64.4 Å². The van der Waals surface area contributed by atoms with Crippen molar-refractivity contribution in [3.05, 3.63) is 0 Å². The Bertz CT molecular complexity index is 213. The van der Waals surface area contributed by atoms with E-state index < -0.39 is 0 Å². The molecule has 0 saturated carbocycles. The van der Waals surface area contributed by atoms with E-state index in [9.17, 15) is 4.79 Å². The number of rotatable bonds is 4. The molecule has 0 spiro atoms. The van der Waals surface area contributed by atoms with Crippen LogP contribution in [-0.2, 0) is 9.53 Å². The van der Waals surface area contributed by atoms with Gasteiger partial charge in [0.05, 0.1) is 0 Å². The van der Waals surface area contributed by atoms with Crippen LogP contribution in [0.25, 0.3) is 0 Å². The Labute approximate surface area is 91.5 Å². The summed E-state index contributed by atoms with van der Waals surface area (Å²) in [6, 6.07) is -0.0200. The molecule has 1 atom stereocenters. The monoisotopic (exact) mass is 214 g/mol. The second-order valence-electron chi connectivity index (χ2n) is 4.59. The van der Waals surface area contributed by atoms with Crippen LogP contribution in [0.4, 0.5) is 0 Å². The molecule has 1 amide bonds. The molecule has 0 radical (unpaired) electrons. The highest BCUT2D eigenvalue weighted by Gasteiger charge is 2.28. The highest BCUT2D eigenvalue weighted by Crippen LogP contribution is 2.19. The lowest BCUT2D eigenvalue weighted by Crippen LogP contribution is -2.50. The number of nitrogens with two attached hydrogens (primary N) is 1. The molecular formula is C11H22N2O2. The third-order valence-corrected chi connectivity index (χ3v) is 3.01. The molecule has 88 valence electrons. The van der Waals surface area contributed by atoms with Gasteiger partial charge >= 0.3 is 0 Å². The Kier molecular flexibility index (Phi) is 4.54. The Morgan fingerprint density at radius 1 is 1.53 bits per heavy atom. The van der Waals surface area contributed by atoms with Gasteiger partial charge < -0.3 is 15.8 Å². The standard InChI is InChI=1S/C11H22N2O2/c1-3-9(12)8-10(14)13-11(2)4-6-15-7-5-11/h9H,3-8,12H2,1-2H3,(H,13,14). The minimum atomic E-state index is -0.0944. The van der Waals surface area contributed by atoms with Gasteiger partial charge in [-0.25, -0.2) is 0 Å². The van der Waals surface area contributed by atoms with Gasteiger partial charge in [-0.05, 0) is 26.2 Å². The molecule has 0 aromatic rings. The molecule has 1 saturated heterocycles. The van der Waals surface area contributed by atoms with E-state index in [0.29, 0.717) is 6.42 Å². The molecule has 1 rings (SSSR count). The first-order valence-corrected chi connectivity index (χ1v) is 5.70. The van der Waals surface area contributed by atoms with Gasteiger partial charge in [-0.2, -0.15) is 0 Å². The van der Waals surface area contributed by atoms with Gasteiger partial charge in [-0.1, -0.05) is 6.92 Å². The molecule has 4 nitrogen and oxygen atoms in total. The molecule has 1 heterocycles. The molecular weight excluding hydrogens is 192 g/mol. The predicted molar refractivity (Wildman–Crippen MR) is 59.5 cm³/mol. The van der Waals surface area contributed by atoms with E-state index >= 15 is 0 Å². The fourth-order valence-corrected chi connectivity index (χ4v) is 1.72. The predicted octanol–water partition coefficient (Wildman–Crippen LogP) is 0.799. The summed E-state index contributed by atoms with van der Waals surface area (Å²) in [6.07, 6.45) is 3.04. The van der Waals surface area contributed by atoms with E-state index in [-0.39, 0.29) is 17.5 Å². The van der Waals surface area contributed by atoms with Crippen molar-refractivity contribution in [2.75, 3.05) is 13.2 Å². The molecule has 0 aliphatic carbocycles. The average Bonchev–Trinajstić information content (AvgIpc) is 2.17. The largest absolute Gasteiger partial charge is 0.381 e. The van der Waals surface area contributed by atoms with Crippen molar-refractivity contribution < 1.29 is 9.53 Å². The van der Waals surface area contributed by atoms with E-state index in [4.69, 9.17) is 10.5 Å². The van der Waals surface area contributed by atoms with Crippen LogP contribution < -0.4 is 11.1 Å². The van der Waals surface area contributed by atoms with Gasteiger partial charge in [0.15, 0.2) is 0 Å². The Balaban J connectivity index is 2.35. The van der Waals surface area contributed by atoms with Crippen LogP contribution in [0.2, 0.25) is 0 Å². The van der Waals surface area contributed by atoms with Crippen molar-refractivity contribution in [1.82, 2.24) is 5.32 Å². The third-order valence-electron chi connectivity index (χ3n) is 3.01. The Morgan fingerprint density at radius 3 is 2.67 bits per heavy atom. The molecule has 1 unspecified atom stereocenters. The summed E-state index contributed by atoms with van der Waals surface area (Å²) < 4.78 is 5.27. The van der Waals surface area contributed by atoms with E-state index in [1.165, 1.54) is 0 Å². The number of carbonyl (C=O) groups excluding carboxylic acids is 1. The maximum absolute atomic E-state index is 11.7. The quantitative estimate of drug-likeness (QED) is 0.727. The fourth-order valence-electron chi connectivity index (χ4n) is 1.72. The summed E-state index contributed by atoms with van der Waals surface area (Å²) in [6.45, 7) is 5.53. The van der Waals surface area contributed by atoms with Crippen LogP contribution in [0.5, 0.6) is 0 Å². The van der Waals surface area contributed by atoms with Gasteiger partial charge in [0.1, 0.15) is 0 Å². The highest BCUT2D eigenvalue weighted by molar-refractivity contribution is 5.77. The maximum atomic E-state index is 11.7. The summed E-state index contributed by atoms with van der Waals surface area (Å²) in [5.41, 5.74) is 5.64. The molecule has 0 bridgehead atoms. The first-order valence-electron chi connectivity index (χ1n) is 5.70. The second-order valence-corrected chi connectivity index (χ2v) is 4.59. The van der Waals surface area contributed by atoms with Crippen LogP contribution >= 0.6 is 0 Å². The van der Waals surface area contributed by atoms with E-state index in [1.807, 2.05) is 6.92 Å². The lowest BCUT2D eigenvalue weighted by atomic mass is 9.92. The molecule has 0 aromatic carbocycles. The van der Waals surface area contributed by atoms with Crippen LogP contribution in [0.15, 0.2) is 0 Å². The first-order chi connectivity index (χ1) is 7.06. The first kappa shape index (κ1) is 12.5. The third kappa shape index (κ3) is 4.18. The minimum Gasteiger partial charge on any atom is -0.381 e. The van der Waals surface area contributed by atoms with Crippen molar-refractivity contribution in [2.24, 2.45) is 5.73 Å². The number of nitrogens with one attached hydrogen (secondary N) is 1. The molecule has 1 fully saturated rings. The van der Waals surface area contributed by atoms with Crippen LogP contribution in [-0.4, -0.2) is 30.7 Å². The molecule has 1 aliphatic heterocycles. The van der Waals surface area contributed by atoms with Gasteiger partial charge in [0.2, 0.25) is 5.91 Å². The number of hydrogen-bond acceptors (Lipinski definition) is 3. The van der Waals surface area contributed by atoms with Gasteiger partial charge in [0, 0.05) is 31.2 Å². The zero-order valence-corrected chi connectivity index (χ0v) is 9.71. The maximum Gasteiger partial charge on any atom is 0.221 e. The molecule has 4 heteroatoms. The SMILES string of the molecule is CCC(N)CC(=O)NC1(C)CCOCC1. The Morgan fingerprint density at radius 2 is 2.13 bits per heavy atom. The highest BCUT2D eigenvalue weighted by atomic mass is 16.5. The average molecular weight is 214 g/mol. The minimum absolute atomic E-state index is 0.0200. The van der Waals surface area contributed by atoms with Gasteiger partial charge in [-0.3, -0.25) is 4.79 Å². The summed E-state index contributed by atoms with van der Waals surface area (Å²) in [5, 5.41) is 3.06. The summed E-state index contributed by atoms with van der Waals surface area (Å²) in [7, 11) is 0. The number of ether oxygens (including phenoxy) is 1. The fraction of sp³-hybridized carbons (Fsp3) is 0.909. The van der Waals surface area contributed by atoms with E-state index in [1.54, 1.807) is 0 Å².